The zero-order chi connectivity index (χ0) is 11.7. The highest BCUT2D eigenvalue weighted by atomic mass is 32.2. The summed E-state index contributed by atoms with van der Waals surface area (Å²) in [7, 11) is -2.06. The summed E-state index contributed by atoms with van der Waals surface area (Å²) in [5.74, 6) is 0. The van der Waals surface area contributed by atoms with Crippen LogP contribution in [0.4, 0.5) is 0 Å². The number of hydrogen-bond donors (Lipinski definition) is 2. The smallest absolute Gasteiger partial charge is 0.279 e. The van der Waals surface area contributed by atoms with Crippen LogP contribution in [-0.4, -0.2) is 57.8 Å². The molecule has 0 aliphatic rings. The molecule has 0 fully saturated rings. The average Bonchev–Trinajstić information content (AvgIpc) is 2.18. The predicted octanol–water partition coefficient (Wildman–Crippen LogP) is -1.05. The van der Waals surface area contributed by atoms with Crippen molar-refractivity contribution in [1.29, 1.82) is 0 Å². The second kappa shape index (κ2) is 7.77. The van der Waals surface area contributed by atoms with Crippen molar-refractivity contribution in [3.8, 4) is 0 Å². The van der Waals surface area contributed by atoms with E-state index in [4.69, 9.17) is 9.84 Å². The Balaban J connectivity index is 4.28. The number of aliphatic hydroxyl groups excluding tert-OH is 1. The van der Waals surface area contributed by atoms with Crippen molar-refractivity contribution in [2.24, 2.45) is 0 Å². The molecular formula is C8H18N2O4S. The van der Waals surface area contributed by atoms with Crippen LogP contribution in [0.2, 0.25) is 0 Å². The number of nitrogens with one attached hydrogen (secondary N) is 1. The second-order valence-electron chi connectivity index (χ2n) is 2.76. The zero-order valence-corrected chi connectivity index (χ0v) is 9.66. The van der Waals surface area contributed by atoms with Crippen LogP contribution in [0, 0.1) is 0 Å². The van der Waals surface area contributed by atoms with Crippen molar-refractivity contribution in [1.82, 2.24) is 9.03 Å². The van der Waals surface area contributed by atoms with Gasteiger partial charge in [0.15, 0.2) is 0 Å². The highest BCUT2D eigenvalue weighted by Crippen LogP contribution is 1.96. The molecule has 0 aromatic carbocycles. The van der Waals surface area contributed by atoms with Gasteiger partial charge in [-0.1, -0.05) is 6.08 Å². The molecule has 0 rings (SSSR count). The molecule has 0 aliphatic heterocycles. The van der Waals surface area contributed by atoms with Gasteiger partial charge in [-0.3, -0.25) is 0 Å². The van der Waals surface area contributed by atoms with Crippen LogP contribution in [-0.2, 0) is 14.9 Å². The van der Waals surface area contributed by atoms with E-state index in [1.54, 1.807) is 0 Å². The van der Waals surface area contributed by atoms with Gasteiger partial charge in [-0.05, 0) is 0 Å². The molecule has 0 amide bonds. The fourth-order valence-corrected chi connectivity index (χ4v) is 2.08. The molecule has 0 saturated heterocycles. The van der Waals surface area contributed by atoms with Gasteiger partial charge < -0.3 is 9.84 Å². The largest absolute Gasteiger partial charge is 0.395 e. The van der Waals surface area contributed by atoms with E-state index in [9.17, 15) is 8.42 Å². The maximum Gasteiger partial charge on any atom is 0.279 e. The van der Waals surface area contributed by atoms with Crippen molar-refractivity contribution >= 4 is 10.2 Å². The summed E-state index contributed by atoms with van der Waals surface area (Å²) in [6.07, 6.45) is 1.46. The fourth-order valence-electron chi connectivity index (χ4n) is 0.929. The molecule has 0 aliphatic carbocycles. The Morgan fingerprint density at radius 2 is 2.27 bits per heavy atom. The normalized spacial score (nSPS) is 11.9. The van der Waals surface area contributed by atoms with Crippen LogP contribution >= 0.6 is 0 Å². The highest BCUT2D eigenvalue weighted by Gasteiger charge is 2.18. The number of aliphatic hydroxyl groups is 1. The van der Waals surface area contributed by atoms with E-state index in [1.165, 1.54) is 13.2 Å². The molecule has 0 bridgehead atoms. The Bertz CT molecular complexity index is 266. The molecule has 0 aromatic rings. The Morgan fingerprint density at radius 1 is 1.60 bits per heavy atom. The average molecular weight is 238 g/mol. The van der Waals surface area contributed by atoms with Crippen LogP contribution in [0.15, 0.2) is 12.7 Å². The standard InChI is InChI=1S/C8H18N2O4S/c1-3-5-10(6-7-11)15(12,13)9-4-8-14-2/h3,9,11H,1,4-8H2,2H3. The minimum Gasteiger partial charge on any atom is -0.395 e. The third-order valence-corrected chi connectivity index (χ3v) is 3.19. The maximum absolute atomic E-state index is 11.6. The second-order valence-corrected chi connectivity index (χ2v) is 4.52. The SMILES string of the molecule is C=CCN(CCO)S(=O)(=O)NCCOC. The number of hydrogen-bond acceptors (Lipinski definition) is 4. The fraction of sp³-hybridized carbons (Fsp3) is 0.750. The van der Waals surface area contributed by atoms with E-state index in [2.05, 4.69) is 11.3 Å². The summed E-state index contributed by atoms with van der Waals surface area (Å²) >= 11 is 0. The molecule has 0 aromatic heterocycles. The monoisotopic (exact) mass is 238 g/mol. The van der Waals surface area contributed by atoms with Crippen molar-refractivity contribution in [3.63, 3.8) is 0 Å². The molecule has 0 saturated carbocycles. The highest BCUT2D eigenvalue weighted by molar-refractivity contribution is 7.87. The van der Waals surface area contributed by atoms with E-state index in [0.29, 0.717) is 6.61 Å². The lowest BCUT2D eigenvalue weighted by Gasteiger charge is -2.19. The summed E-state index contributed by atoms with van der Waals surface area (Å²) in [5, 5.41) is 8.71. The van der Waals surface area contributed by atoms with E-state index < -0.39 is 10.2 Å². The molecule has 6 nitrogen and oxygen atoms in total. The Morgan fingerprint density at radius 3 is 2.73 bits per heavy atom. The first-order valence-corrected chi connectivity index (χ1v) is 5.98. The molecule has 7 heteroatoms. The number of nitrogens with zero attached hydrogens (tertiary/aromatic N) is 1. The minimum atomic E-state index is -3.55. The van der Waals surface area contributed by atoms with Gasteiger partial charge in [-0.2, -0.15) is 17.4 Å². The van der Waals surface area contributed by atoms with Gasteiger partial charge in [0.1, 0.15) is 0 Å². The quantitative estimate of drug-likeness (QED) is 0.397. The van der Waals surface area contributed by atoms with Crippen LogP contribution in [0.5, 0.6) is 0 Å². The molecule has 0 unspecified atom stereocenters. The van der Waals surface area contributed by atoms with Crippen molar-refractivity contribution in [2.45, 2.75) is 0 Å². The van der Waals surface area contributed by atoms with Crippen LogP contribution < -0.4 is 4.72 Å². The van der Waals surface area contributed by atoms with Crippen molar-refractivity contribution in [3.05, 3.63) is 12.7 Å². The van der Waals surface area contributed by atoms with E-state index in [0.717, 1.165) is 4.31 Å². The van der Waals surface area contributed by atoms with E-state index in [-0.39, 0.29) is 26.2 Å². The van der Waals surface area contributed by atoms with Crippen LogP contribution in [0.3, 0.4) is 0 Å². The lowest BCUT2D eigenvalue weighted by molar-refractivity contribution is 0.203. The third-order valence-electron chi connectivity index (χ3n) is 1.61. The topological polar surface area (TPSA) is 78.9 Å². The van der Waals surface area contributed by atoms with Gasteiger partial charge in [-0.15, -0.1) is 6.58 Å². The first kappa shape index (κ1) is 14.5. The summed E-state index contributed by atoms with van der Waals surface area (Å²) in [6, 6.07) is 0. The van der Waals surface area contributed by atoms with Crippen LogP contribution in [0.25, 0.3) is 0 Å². The molecule has 0 spiro atoms. The van der Waals surface area contributed by atoms with E-state index in [1.807, 2.05) is 0 Å². The van der Waals surface area contributed by atoms with Gasteiger partial charge in [0.05, 0.1) is 13.2 Å². The molecule has 15 heavy (non-hydrogen) atoms. The van der Waals surface area contributed by atoms with Gasteiger partial charge in [-0.25, -0.2) is 0 Å². The molecular weight excluding hydrogens is 220 g/mol. The Hall–Kier alpha value is -0.470. The molecule has 0 heterocycles. The van der Waals surface area contributed by atoms with Gasteiger partial charge in [0.2, 0.25) is 0 Å². The summed E-state index contributed by atoms with van der Waals surface area (Å²) in [4.78, 5) is 0. The summed E-state index contributed by atoms with van der Waals surface area (Å²) in [6.45, 7) is 3.96. The number of ether oxygens (including phenoxy) is 1. The van der Waals surface area contributed by atoms with Crippen molar-refractivity contribution in [2.75, 3.05) is 40.0 Å². The number of rotatable bonds is 9. The zero-order valence-electron chi connectivity index (χ0n) is 8.85. The Kier molecular flexibility index (Phi) is 7.53. The predicted molar refractivity (Wildman–Crippen MR) is 57.7 cm³/mol. The lowest BCUT2D eigenvalue weighted by atomic mass is 10.6. The van der Waals surface area contributed by atoms with Crippen molar-refractivity contribution < 1.29 is 18.3 Å². The third kappa shape index (κ3) is 5.85. The van der Waals surface area contributed by atoms with E-state index >= 15 is 0 Å². The molecule has 90 valence electrons. The van der Waals surface area contributed by atoms with Gasteiger partial charge >= 0.3 is 0 Å². The first-order valence-electron chi connectivity index (χ1n) is 4.54. The van der Waals surface area contributed by atoms with Gasteiger partial charge in [0.25, 0.3) is 10.2 Å². The molecule has 0 radical (unpaired) electrons. The summed E-state index contributed by atoms with van der Waals surface area (Å²) in [5.41, 5.74) is 0. The summed E-state index contributed by atoms with van der Waals surface area (Å²) < 4.78 is 31.3. The van der Waals surface area contributed by atoms with Crippen LogP contribution in [0.1, 0.15) is 0 Å². The molecule has 0 atom stereocenters. The lowest BCUT2D eigenvalue weighted by Crippen LogP contribution is -2.43. The maximum atomic E-state index is 11.6. The first-order chi connectivity index (χ1) is 7.08. The Labute approximate surface area is 90.7 Å². The molecule has 2 N–H and O–H groups in total. The number of methoxy groups -OCH3 is 1. The minimum absolute atomic E-state index is 0.0499. The van der Waals surface area contributed by atoms with Gasteiger partial charge in [0, 0.05) is 26.7 Å².